The van der Waals surface area contributed by atoms with Gasteiger partial charge in [0.25, 0.3) is 11.7 Å². The van der Waals surface area contributed by atoms with Gasteiger partial charge in [0.05, 0.1) is 18.2 Å². The summed E-state index contributed by atoms with van der Waals surface area (Å²) in [6.45, 7) is 6.90. The molecule has 1 aliphatic heterocycles. The third-order valence-electron chi connectivity index (χ3n) is 5.35. The number of Topliss-reactive ketones (excluding diaryl/α,β-unsaturated/α-hetero) is 1. The van der Waals surface area contributed by atoms with Crippen LogP contribution >= 0.6 is 11.6 Å². The number of carbonyl (C=O) groups is 2. The Balaban J connectivity index is 2.13. The number of likely N-dealkylation sites (tertiary alicyclic amines) is 1. The lowest BCUT2D eigenvalue weighted by molar-refractivity contribution is -0.140. The minimum atomic E-state index is -0.805. The molecule has 1 amide bonds. The molecule has 1 atom stereocenters. The summed E-state index contributed by atoms with van der Waals surface area (Å²) >= 11 is 5.97. The number of carbonyl (C=O) groups excluding carboxylic acids is 2. The quantitative estimate of drug-likeness (QED) is 0.162. The van der Waals surface area contributed by atoms with Crippen LogP contribution in [0, 0.1) is 0 Å². The zero-order valence-electron chi connectivity index (χ0n) is 19.3. The van der Waals surface area contributed by atoms with Crippen molar-refractivity contribution < 1.29 is 28.9 Å². The Kier molecular flexibility index (Phi) is 8.73. The fourth-order valence-corrected chi connectivity index (χ4v) is 3.96. The molecule has 1 fully saturated rings. The van der Waals surface area contributed by atoms with E-state index in [0.29, 0.717) is 53.9 Å². The molecule has 1 heterocycles. The molecular weight excluding hydrogens is 458 g/mol. The lowest BCUT2D eigenvalue weighted by atomic mass is 9.95. The first-order valence-corrected chi connectivity index (χ1v) is 11.3. The van der Waals surface area contributed by atoms with Gasteiger partial charge in [-0.3, -0.25) is 9.59 Å². The molecule has 2 aromatic carbocycles. The first-order chi connectivity index (χ1) is 16.4. The fraction of sp³-hybridized carbons (Fsp3) is 0.308. The van der Waals surface area contributed by atoms with E-state index in [1.807, 2.05) is 6.92 Å². The Morgan fingerprint density at radius 3 is 2.53 bits per heavy atom. The maximum absolute atomic E-state index is 13.1. The summed E-state index contributed by atoms with van der Waals surface area (Å²) in [7, 11) is 1.57. The Labute approximate surface area is 204 Å². The van der Waals surface area contributed by atoms with Crippen LogP contribution < -0.4 is 9.47 Å². The highest BCUT2D eigenvalue weighted by Gasteiger charge is 2.46. The molecule has 0 saturated carbocycles. The van der Waals surface area contributed by atoms with Gasteiger partial charge in [0.1, 0.15) is 12.4 Å². The Hall–Kier alpha value is -3.29. The second-order valence-electron chi connectivity index (χ2n) is 7.58. The number of nitrogens with zero attached hydrogens (tertiary/aromatic N) is 1. The largest absolute Gasteiger partial charge is 0.507 e. The zero-order valence-corrected chi connectivity index (χ0v) is 20.0. The SMILES string of the molecule is C=CCOc1ccc(C2C(=C(O)c3ccc(Cl)cc3)C(=O)C(=O)N2CCCOC)cc1OCC. The molecule has 0 radical (unpaired) electrons. The van der Waals surface area contributed by atoms with Crippen molar-refractivity contribution in [3.05, 3.63) is 76.8 Å². The predicted octanol–water partition coefficient (Wildman–Crippen LogP) is 4.76. The number of aliphatic hydroxyl groups excluding tert-OH is 1. The van der Waals surface area contributed by atoms with E-state index < -0.39 is 17.7 Å². The molecular formula is C26H28ClNO6. The van der Waals surface area contributed by atoms with Crippen LogP contribution in [0.25, 0.3) is 5.76 Å². The summed E-state index contributed by atoms with van der Waals surface area (Å²) < 4.78 is 16.6. The number of ketones is 1. The van der Waals surface area contributed by atoms with E-state index in [2.05, 4.69) is 6.58 Å². The van der Waals surface area contributed by atoms with Crippen LogP contribution in [0.1, 0.15) is 30.5 Å². The summed E-state index contributed by atoms with van der Waals surface area (Å²) in [6.07, 6.45) is 2.15. The Morgan fingerprint density at radius 2 is 1.88 bits per heavy atom. The smallest absolute Gasteiger partial charge is 0.295 e. The number of rotatable bonds is 11. The number of methoxy groups -OCH3 is 1. The summed E-state index contributed by atoms with van der Waals surface area (Å²) in [4.78, 5) is 27.6. The molecule has 1 unspecified atom stereocenters. The van der Waals surface area contributed by atoms with Crippen LogP contribution in [-0.2, 0) is 14.3 Å². The van der Waals surface area contributed by atoms with E-state index in [-0.39, 0.29) is 17.9 Å². The fourth-order valence-electron chi connectivity index (χ4n) is 3.83. The molecule has 3 rings (SSSR count). The van der Waals surface area contributed by atoms with E-state index in [1.54, 1.807) is 55.7 Å². The Bertz CT molecular complexity index is 1080. The average Bonchev–Trinajstić information content (AvgIpc) is 3.08. The van der Waals surface area contributed by atoms with Gasteiger partial charge in [-0.05, 0) is 55.3 Å². The second kappa shape index (κ2) is 11.7. The van der Waals surface area contributed by atoms with Crippen LogP contribution in [-0.4, -0.2) is 55.2 Å². The van der Waals surface area contributed by atoms with Gasteiger partial charge in [-0.25, -0.2) is 0 Å². The van der Waals surface area contributed by atoms with Crippen molar-refractivity contribution >= 4 is 29.1 Å². The molecule has 0 aromatic heterocycles. The van der Waals surface area contributed by atoms with Crippen molar-refractivity contribution in [2.24, 2.45) is 0 Å². The number of benzene rings is 2. The van der Waals surface area contributed by atoms with Crippen molar-refractivity contribution in [2.75, 3.05) is 33.5 Å². The number of aliphatic hydroxyl groups is 1. The molecule has 180 valence electrons. The van der Waals surface area contributed by atoms with Gasteiger partial charge in [-0.15, -0.1) is 0 Å². The molecule has 0 spiro atoms. The second-order valence-corrected chi connectivity index (χ2v) is 8.02. The van der Waals surface area contributed by atoms with Crippen LogP contribution in [0.15, 0.2) is 60.7 Å². The maximum atomic E-state index is 13.1. The van der Waals surface area contributed by atoms with Gasteiger partial charge in [0.15, 0.2) is 11.5 Å². The van der Waals surface area contributed by atoms with Crippen LogP contribution in [0.2, 0.25) is 5.02 Å². The summed E-state index contributed by atoms with van der Waals surface area (Å²) in [5, 5.41) is 11.6. The van der Waals surface area contributed by atoms with Crippen LogP contribution in [0.3, 0.4) is 0 Å². The van der Waals surface area contributed by atoms with Gasteiger partial charge in [0.2, 0.25) is 0 Å². The summed E-state index contributed by atoms with van der Waals surface area (Å²) in [5.41, 5.74) is 1.01. The highest BCUT2D eigenvalue weighted by molar-refractivity contribution is 6.46. The van der Waals surface area contributed by atoms with E-state index >= 15 is 0 Å². The third kappa shape index (κ3) is 5.43. The molecule has 0 bridgehead atoms. The molecule has 1 N–H and O–H groups in total. The first-order valence-electron chi connectivity index (χ1n) is 11.0. The minimum absolute atomic E-state index is 0.00643. The highest BCUT2D eigenvalue weighted by Crippen LogP contribution is 2.42. The zero-order chi connectivity index (χ0) is 24.7. The third-order valence-corrected chi connectivity index (χ3v) is 5.60. The standard InChI is InChI=1S/C26H28ClNO6/c1-4-14-34-20-12-9-18(16-21(20)33-5-2)23-22(24(29)17-7-10-19(27)11-8-17)25(30)26(31)28(23)13-6-15-32-3/h4,7-12,16,23,29H,1,5-6,13-15H2,2-3H3. The molecule has 7 nitrogen and oxygen atoms in total. The molecule has 34 heavy (non-hydrogen) atoms. The van der Waals surface area contributed by atoms with E-state index in [4.69, 9.17) is 25.8 Å². The van der Waals surface area contributed by atoms with Gasteiger partial charge < -0.3 is 24.2 Å². The number of hydrogen-bond donors (Lipinski definition) is 1. The summed E-state index contributed by atoms with van der Waals surface area (Å²) in [6, 6.07) is 10.8. The van der Waals surface area contributed by atoms with Crippen molar-refractivity contribution in [1.82, 2.24) is 4.90 Å². The molecule has 2 aromatic rings. The minimum Gasteiger partial charge on any atom is -0.507 e. The topological polar surface area (TPSA) is 85.3 Å². The normalized spacial score (nSPS) is 17.1. The van der Waals surface area contributed by atoms with Gasteiger partial charge >= 0.3 is 0 Å². The van der Waals surface area contributed by atoms with Crippen LogP contribution in [0.5, 0.6) is 11.5 Å². The lowest BCUT2D eigenvalue weighted by Crippen LogP contribution is -2.31. The van der Waals surface area contributed by atoms with E-state index in [0.717, 1.165) is 0 Å². The number of hydrogen-bond acceptors (Lipinski definition) is 6. The van der Waals surface area contributed by atoms with E-state index in [1.165, 1.54) is 4.90 Å². The predicted molar refractivity (Wildman–Crippen MR) is 130 cm³/mol. The average molecular weight is 486 g/mol. The van der Waals surface area contributed by atoms with Gasteiger partial charge in [0, 0.05) is 30.8 Å². The summed E-state index contributed by atoms with van der Waals surface area (Å²) in [5.74, 6) is -0.712. The molecule has 0 aliphatic carbocycles. The van der Waals surface area contributed by atoms with Crippen molar-refractivity contribution in [3.8, 4) is 11.5 Å². The van der Waals surface area contributed by atoms with Gasteiger partial charge in [-0.1, -0.05) is 30.3 Å². The maximum Gasteiger partial charge on any atom is 0.295 e. The van der Waals surface area contributed by atoms with Crippen molar-refractivity contribution in [3.63, 3.8) is 0 Å². The Morgan fingerprint density at radius 1 is 1.15 bits per heavy atom. The number of ether oxygens (including phenoxy) is 3. The van der Waals surface area contributed by atoms with Crippen LogP contribution in [0.4, 0.5) is 0 Å². The lowest BCUT2D eigenvalue weighted by Gasteiger charge is -2.26. The number of halogens is 1. The van der Waals surface area contributed by atoms with Crippen molar-refractivity contribution in [1.29, 1.82) is 0 Å². The first kappa shape index (κ1) is 25.3. The highest BCUT2D eigenvalue weighted by atomic mass is 35.5. The molecule has 8 heteroatoms. The number of amides is 1. The molecule has 1 aliphatic rings. The van der Waals surface area contributed by atoms with Crippen molar-refractivity contribution in [2.45, 2.75) is 19.4 Å². The van der Waals surface area contributed by atoms with E-state index in [9.17, 15) is 14.7 Å². The van der Waals surface area contributed by atoms with Gasteiger partial charge in [-0.2, -0.15) is 0 Å². The molecule has 1 saturated heterocycles. The monoisotopic (exact) mass is 485 g/mol.